The van der Waals surface area contributed by atoms with Crippen LogP contribution in [0.3, 0.4) is 0 Å². The van der Waals surface area contributed by atoms with E-state index in [9.17, 15) is 4.91 Å². The molecule has 0 radical (unpaired) electrons. The number of aromatic nitrogens is 2. The molecule has 2 aromatic heterocycles. The predicted octanol–water partition coefficient (Wildman–Crippen LogP) is 5.86. The highest BCUT2D eigenvalue weighted by Gasteiger charge is 2.10. The number of fused-ring (bicyclic) bond motifs is 2. The van der Waals surface area contributed by atoms with Crippen LogP contribution in [0.1, 0.15) is 48.1 Å². The van der Waals surface area contributed by atoms with Crippen LogP contribution in [0, 0.1) is 11.8 Å². The van der Waals surface area contributed by atoms with Crippen molar-refractivity contribution in [3.05, 3.63) is 76.0 Å². The van der Waals surface area contributed by atoms with Gasteiger partial charge in [-0.1, -0.05) is 41.4 Å². The van der Waals surface area contributed by atoms with Gasteiger partial charge >= 0.3 is 0 Å². The highest BCUT2D eigenvalue weighted by Crippen LogP contribution is 2.21. The fourth-order valence-corrected chi connectivity index (χ4v) is 3.93. The number of nitrogens with zero attached hydrogens (tertiary/aromatic N) is 3. The van der Waals surface area contributed by atoms with E-state index in [1.165, 1.54) is 17.5 Å². The summed E-state index contributed by atoms with van der Waals surface area (Å²) >= 11 is 0. The summed E-state index contributed by atoms with van der Waals surface area (Å²) in [6, 6.07) is 12.3. The first-order valence-electron chi connectivity index (χ1n) is 10.8. The summed E-state index contributed by atoms with van der Waals surface area (Å²) < 4.78 is 0. The largest absolute Gasteiger partial charge is 0.370 e. The van der Waals surface area contributed by atoms with E-state index >= 15 is 0 Å². The molecule has 1 aromatic carbocycles. The van der Waals surface area contributed by atoms with Gasteiger partial charge in [-0.2, -0.15) is 4.91 Å². The van der Waals surface area contributed by atoms with Crippen LogP contribution in [0.2, 0.25) is 0 Å². The third-order valence-corrected chi connectivity index (χ3v) is 5.64. The SMILES string of the molecule is Cc1ccc2ncc(/C=C/C(CCCCc3ccc4c(n3)NCCC4)N=O)cc2c1. The second-order valence-corrected chi connectivity index (χ2v) is 8.08. The molecule has 5 nitrogen and oxygen atoms in total. The Labute approximate surface area is 177 Å². The number of hydrogen-bond acceptors (Lipinski definition) is 5. The molecule has 4 rings (SSSR count). The summed E-state index contributed by atoms with van der Waals surface area (Å²) in [6.45, 7) is 3.08. The van der Waals surface area contributed by atoms with Gasteiger partial charge in [-0.25, -0.2) is 4.98 Å². The van der Waals surface area contributed by atoms with Gasteiger partial charge in [-0.05, 0) is 74.4 Å². The van der Waals surface area contributed by atoms with Crippen LogP contribution in [0.15, 0.2) is 53.8 Å². The highest BCUT2D eigenvalue weighted by molar-refractivity contribution is 5.81. The molecule has 1 N–H and O–H groups in total. The Hall–Kier alpha value is -3.08. The van der Waals surface area contributed by atoms with Gasteiger partial charge < -0.3 is 5.32 Å². The lowest BCUT2D eigenvalue weighted by molar-refractivity contribution is 0.626. The lowest BCUT2D eigenvalue weighted by Gasteiger charge is -2.17. The molecule has 1 unspecified atom stereocenters. The third-order valence-electron chi connectivity index (χ3n) is 5.64. The van der Waals surface area contributed by atoms with Crippen molar-refractivity contribution in [1.82, 2.24) is 9.97 Å². The molecule has 0 fully saturated rings. The minimum atomic E-state index is -0.309. The number of unbranched alkanes of at least 4 members (excludes halogenated alkanes) is 1. The van der Waals surface area contributed by atoms with Crippen LogP contribution >= 0.6 is 0 Å². The Morgan fingerprint density at radius 3 is 3.03 bits per heavy atom. The second-order valence-electron chi connectivity index (χ2n) is 8.08. The van der Waals surface area contributed by atoms with Gasteiger partial charge in [0.2, 0.25) is 0 Å². The van der Waals surface area contributed by atoms with E-state index < -0.39 is 0 Å². The van der Waals surface area contributed by atoms with Crippen LogP contribution in [0.25, 0.3) is 17.0 Å². The number of nitroso groups, excluding NO2 is 1. The quantitative estimate of drug-likeness (QED) is 0.380. The number of anilines is 1. The smallest absolute Gasteiger partial charge is 0.129 e. The fraction of sp³-hybridized carbons (Fsp3) is 0.360. The van der Waals surface area contributed by atoms with Crippen molar-refractivity contribution in [2.75, 3.05) is 11.9 Å². The molecule has 1 atom stereocenters. The lowest BCUT2D eigenvalue weighted by Crippen LogP contribution is -2.14. The van der Waals surface area contributed by atoms with Gasteiger partial charge in [-0.15, -0.1) is 0 Å². The van der Waals surface area contributed by atoms with E-state index in [0.717, 1.165) is 66.6 Å². The molecule has 0 saturated heterocycles. The van der Waals surface area contributed by atoms with Crippen LogP contribution in [0.5, 0.6) is 0 Å². The Morgan fingerprint density at radius 1 is 1.20 bits per heavy atom. The van der Waals surface area contributed by atoms with Crippen molar-refractivity contribution >= 4 is 22.8 Å². The van der Waals surface area contributed by atoms with E-state index in [2.05, 4.69) is 52.7 Å². The first-order valence-corrected chi connectivity index (χ1v) is 10.8. The van der Waals surface area contributed by atoms with Crippen molar-refractivity contribution in [3.63, 3.8) is 0 Å². The molecule has 30 heavy (non-hydrogen) atoms. The molecule has 0 aliphatic carbocycles. The monoisotopic (exact) mass is 400 g/mol. The number of pyridine rings is 2. The second kappa shape index (κ2) is 9.61. The molecule has 154 valence electrons. The van der Waals surface area contributed by atoms with Crippen molar-refractivity contribution in [3.8, 4) is 0 Å². The zero-order valence-electron chi connectivity index (χ0n) is 17.5. The molecule has 3 heterocycles. The van der Waals surface area contributed by atoms with Gasteiger partial charge in [-0.3, -0.25) is 4.98 Å². The maximum Gasteiger partial charge on any atom is 0.129 e. The van der Waals surface area contributed by atoms with Crippen molar-refractivity contribution in [2.24, 2.45) is 5.18 Å². The maximum atomic E-state index is 11.3. The average Bonchev–Trinajstić information content (AvgIpc) is 2.78. The van der Waals surface area contributed by atoms with E-state index in [-0.39, 0.29) is 6.04 Å². The maximum absolute atomic E-state index is 11.3. The van der Waals surface area contributed by atoms with Gasteiger partial charge in [0.25, 0.3) is 0 Å². The Balaban J connectivity index is 1.29. The Bertz CT molecular complexity index is 1060. The molecular formula is C25H28N4O. The number of nitrogens with one attached hydrogen (secondary N) is 1. The molecule has 0 saturated carbocycles. The van der Waals surface area contributed by atoms with Crippen LogP contribution in [-0.2, 0) is 12.8 Å². The molecule has 0 amide bonds. The minimum Gasteiger partial charge on any atom is -0.370 e. The summed E-state index contributed by atoms with van der Waals surface area (Å²) in [5, 5.41) is 7.80. The number of aryl methyl sites for hydroxylation is 3. The molecule has 1 aliphatic heterocycles. The van der Waals surface area contributed by atoms with E-state index in [4.69, 9.17) is 4.98 Å². The molecule has 0 spiro atoms. The summed E-state index contributed by atoms with van der Waals surface area (Å²) in [5.74, 6) is 1.05. The predicted molar refractivity (Wildman–Crippen MR) is 124 cm³/mol. The van der Waals surface area contributed by atoms with Gasteiger partial charge in [0.05, 0.1) is 5.52 Å². The first-order chi connectivity index (χ1) is 14.7. The standard InChI is InChI=1S/C25H28N4O/c1-18-8-13-24-21(15-18)16-19(17-27-24)9-11-23(29-30)7-3-2-6-22-12-10-20-5-4-14-26-25(20)28-22/h8-13,15-17,23H,2-7,14H2,1H3,(H,26,28)/b11-9+. The highest BCUT2D eigenvalue weighted by atomic mass is 16.3. The van der Waals surface area contributed by atoms with Crippen LogP contribution < -0.4 is 5.32 Å². The number of hydrogen-bond donors (Lipinski definition) is 1. The molecule has 1 aliphatic rings. The van der Waals surface area contributed by atoms with Crippen molar-refractivity contribution in [1.29, 1.82) is 0 Å². The normalized spacial score (nSPS) is 14.4. The summed E-state index contributed by atoms with van der Waals surface area (Å²) in [6.07, 6.45) is 11.6. The summed E-state index contributed by atoms with van der Waals surface area (Å²) in [4.78, 5) is 20.5. The zero-order valence-corrected chi connectivity index (χ0v) is 17.5. The van der Waals surface area contributed by atoms with Gasteiger partial charge in [0.1, 0.15) is 11.9 Å². The van der Waals surface area contributed by atoms with Crippen LogP contribution in [-0.4, -0.2) is 22.6 Å². The fourth-order valence-electron chi connectivity index (χ4n) is 3.93. The van der Waals surface area contributed by atoms with E-state index in [0.29, 0.717) is 0 Å². The Morgan fingerprint density at radius 2 is 2.13 bits per heavy atom. The molecule has 5 heteroatoms. The summed E-state index contributed by atoms with van der Waals surface area (Å²) in [5.41, 5.74) is 5.62. The van der Waals surface area contributed by atoms with Crippen LogP contribution in [0.4, 0.5) is 5.82 Å². The topological polar surface area (TPSA) is 67.2 Å². The van der Waals surface area contributed by atoms with Gasteiger partial charge in [0.15, 0.2) is 0 Å². The van der Waals surface area contributed by atoms with Crippen molar-refractivity contribution < 1.29 is 0 Å². The zero-order chi connectivity index (χ0) is 20.8. The lowest BCUT2D eigenvalue weighted by atomic mass is 10.0. The number of benzene rings is 1. The summed E-state index contributed by atoms with van der Waals surface area (Å²) in [7, 11) is 0. The third kappa shape index (κ3) is 5.09. The molecule has 3 aromatic rings. The van der Waals surface area contributed by atoms with E-state index in [1.807, 2.05) is 24.4 Å². The minimum absolute atomic E-state index is 0.309. The van der Waals surface area contributed by atoms with E-state index in [1.54, 1.807) is 0 Å². The number of rotatable bonds is 8. The molecular weight excluding hydrogens is 372 g/mol. The van der Waals surface area contributed by atoms with Gasteiger partial charge in [0, 0.05) is 23.8 Å². The average molecular weight is 401 g/mol. The Kier molecular flexibility index (Phi) is 6.47. The van der Waals surface area contributed by atoms with Crippen molar-refractivity contribution in [2.45, 2.75) is 51.5 Å². The molecule has 0 bridgehead atoms. The first kappa shape index (κ1) is 20.2.